The summed E-state index contributed by atoms with van der Waals surface area (Å²) < 4.78 is 19.3. The number of aliphatic imine (C=N–C) groups is 1. The van der Waals surface area contributed by atoms with E-state index in [0.29, 0.717) is 22.4 Å². The topological polar surface area (TPSA) is 65.7 Å². The Balaban J connectivity index is 1.89. The molecule has 7 heteroatoms. The summed E-state index contributed by atoms with van der Waals surface area (Å²) in [4.78, 5) is 19.5. The molecule has 1 heterocycles. The van der Waals surface area contributed by atoms with E-state index in [0.717, 1.165) is 5.56 Å². The Hall–Kier alpha value is -3.11. The van der Waals surface area contributed by atoms with Gasteiger partial charge in [-0.2, -0.15) is 5.26 Å². The number of carbonyl (C=O) groups is 1. The molecule has 1 aliphatic rings. The molecule has 1 fully saturated rings. The summed E-state index contributed by atoms with van der Waals surface area (Å²) in [5.41, 5.74) is 1.03. The minimum Gasteiger partial charge on any atom is -0.479 e. The fourth-order valence-electron chi connectivity index (χ4n) is 2.69. The first-order valence-electron chi connectivity index (χ1n) is 9.12. The molecule has 29 heavy (non-hydrogen) atoms. The number of rotatable bonds is 6. The Morgan fingerprint density at radius 1 is 1.24 bits per heavy atom. The molecule has 0 saturated carbocycles. The zero-order valence-electron chi connectivity index (χ0n) is 16.1. The molecule has 5 nitrogen and oxygen atoms in total. The van der Waals surface area contributed by atoms with Crippen molar-refractivity contribution in [3.05, 3.63) is 64.8 Å². The zero-order valence-corrected chi connectivity index (χ0v) is 16.9. The highest BCUT2D eigenvalue weighted by Crippen LogP contribution is 2.35. The van der Waals surface area contributed by atoms with Crippen LogP contribution in [0.4, 0.5) is 10.1 Å². The summed E-state index contributed by atoms with van der Waals surface area (Å²) in [6, 6.07) is 15.3. The van der Waals surface area contributed by atoms with Gasteiger partial charge in [-0.15, -0.1) is 0 Å². The van der Waals surface area contributed by atoms with Crippen LogP contribution in [-0.2, 0) is 4.79 Å². The number of amides is 1. The second-order valence-corrected chi connectivity index (χ2v) is 7.79. The Kier molecular flexibility index (Phi) is 6.68. The number of carbonyl (C=O) groups excluding carboxylic acids is 1. The van der Waals surface area contributed by atoms with Crippen molar-refractivity contribution in [1.82, 2.24) is 4.90 Å². The van der Waals surface area contributed by atoms with Gasteiger partial charge in [0.15, 0.2) is 11.8 Å². The van der Waals surface area contributed by atoms with Crippen LogP contribution in [0.5, 0.6) is 5.75 Å². The number of halogens is 1. The molecular weight excluding hydrogens is 389 g/mol. The molecule has 1 saturated heterocycles. The summed E-state index contributed by atoms with van der Waals surface area (Å²) in [7, 11) is 0. The van der Waals surface area contributed by atoms with E-state index in [4.69, 9.17) is 10.00 Å². The van der Waals surface area contributed by atoms with Gasteiger partial charge in [0.1, 0.15) is 23.3 Å². The fourth-order valence-corrected chi connectivity index (χ4v) is 3.69. The Morgan fingerprint density at radius 2 is 1.97 bits per heavy atom. The van der Waals surface area contributed by atoms with Crippen molar-refractivity contribution in [1.29, 1.82) is 5.26 Å². The van der Waals surface area contributed by atoms with Crippen LogP contribution in [0.2, 0.25) is 0 Å². The van der Waals surface area contributed by atoms with E-state index < -0.39 is 5.82 Å². The highest BCUT2D eigenvalue weighted by molar-refractivity contribution is 8.18. The van der Waals surface area contributed by atoms with Gasteiger partial charge in [-0.1, -0.05) is 38.1 Å². The third-order valence-electron chi connectivity index (χ3n) is 3.99. The first kappa shape index (κ1) is 20.6. The number of hydrogen-bond donors (Lipinski definition) is 0. The van der Waals surface area contributed by atoms with E-state index in [1.54, 1.807) is 41.3 Å². The van der Waals surface area contributed by atoms with Crippen molar-refractivity contribution < 1.29 is 13.9 Å². The minimum atomic E-state index is -0.428. The van der Waals surface area contributed by atoms with Crippen molar-refractivity contribution in [2.75, 3.05) is 13.2 Å². The summed E-state index contributed by atoms with van der Waals surface area (Å²) in [5.74, 6) is 0.246. The number of ether oxygens (including phenoxy) is 1. The molecule has 3 rings (SSSR count). The molecule has 0 aromatic heterocycles. The second kappa shape index (κ2) is 9.39. The van der Waals surface area contributed by atoms with Crippen LogP contribution >= 0.6 is 11.8 Å². The fraction of sp³-hybridized carbons (Fsp3) is 0.227. The summed E-state index contributed by atoms with van der Waals surface area (Å²) in [6.45, 7) is 4.51. The van der Waals surface area contributed by atoms with Gasteiger partial charge in [0.2, 0.25) is 0 Å². The lowest BCUT2D eigenvalue weighted by Gasteiger charge is -2.17. The van der Waals surface area contributed by atoms with Crippen LogP contribution in [0.3, 0.4) is 0 Å². The van der Waals surface area contributed by atoms with Crippen LogP contribution in [0.1, 0.15) is 19.4 Å². The van der Waals surface area contributed by atoms with E-state index in [1.165, 1.54) is 17.8 Å². The summed E-state index contributed by atoms with van der Waals surface area (Å²) >= 11 is 1.23. The smallest absolute Gasteiger partial charge is 0.266 e. The number of hydrogen-bond acceptors (Lipinski definition) is 5. The molecule has 0 N–H and O–H groups in total. The van der Waals surface area contributed by atoms with Crippen LogP contribution in [0.15, 0.2) is 58.4 Å². The number of nitrogens with zero attached hydrogens (tertiary/aromatic N) is 3. The van der Waals surface area contributed by atoms with E-state index in [9.17, 15) is 9.18 Å². The molecule has 148 valence electrons. The Labute approximate surface area is 173 Å². The van der Waals surface area contributed by atoms with E-state index in [2.05, 4.69) is 4.99 Å². The van der Waals surface area contributed by atoms with Gasteiger partial charge in [-0.25, -0.2) is 9.38 Å². The van der Waals surface area contributed by atoms with Gasteiger partial charge in [0, 0.05) is 6.54 Å². The average molecular weight is 409 g/mol. The highest BCUT2D eigenvalue weighted by Gasteiger charge is 2.33. The molecule has 2 aromatic rings. The number of benzene rings is 2. The van der Waals surface area contributed by atoms with Gasteiger partial charge in [-0.3, -0.25) is 9.69 Å². The van der Waals surface area contributed by atoms with E-state index in [-0.39, 0.29) is 24.1 Å². The molecular formula is C22H20FN3O2S. The Bertz CT molecular complexity index is 994. The summed E-state index contributed by atoms with van der Waals surface area (Å²) in [6.07, 6.45) is 1.78. The molecule has 0 unspecified atom stereocenters. The number of thioether (sulfide) groups is 1. The Morgan fingerprint density at radius 3 is 2.62 bits per heavy atom. The zero-order chi connectivity index (χ0) is 20.8. The molecule has 0 spiro atoms. The predicted octanol–water partition coefficient (Wildman–Crippen LogP) is 4.99. The van der Waals surface area contributed by atoms with Gasteiger partial charge in [0.05, 0.1) is 4.91 Å². The maximum Gasteiger partial charge on any atom is 0.266 e. The summed E-state index contributed by atoms with van der Waals surface area (Å²) in [5, 5.41) is 9.04. The molecule has 0 bridgehead atoms. The molecule has 1 aliphatic heterocycles. The third kappa shape index (κ3) is 5.24. The lowest BCUT2D eigenvalue weighted by molar-refractivity contribution is -0.122. The van der Waals surface area contributed by atoms with Gasteiger partial charge >= 0.3 is 0 Å². The van der Waals surface area contributed by atoms with Crippen molar-refractivity contribution in [3.63, 3.8) is 0 Å². The first-order chi connectivity index (χ1) is 14.0. The molecule has 0 aliphatic carbocycles. The lowest BCUT2D eigenvalue weighted by Crippen LogP contribution is -2.32. The normalized spacial score (nSPS) is 16.7. The van der Waals surface area contributed by atoms with Crippen molar-refractivity contribution in [2.45, 2.75) is 13.8 Å². The van der Waals surface area contributed by atoms with Crippen LogP contribution in [-0.4, -0.2) is 29.1 Å². The third-order valence-corrected chi connectivity index (χ3v) is 4.99. The monoisotopic (exact) mass is 409 g/mol. The average Bonchev–Trinajstić information content (AvgIpc) is 2.97. The van der Waals surface area contributed by atoms with Gasteiger partial charge < -0.3 is 4.74 Å². The quantitative estimate of drug-likeness (QED) is 0.631. The van der Waals surface area contributed by atoms with Crippen LogP contribution in [0.25, 0.3) is 6.08 Å². The van der Waals surface area contributed by atoms with E-state index in [1.807, 2.05) is 32.0 Å². The SMILES string of the molecule is CC(C)CN1C(=O)/C(=C\c2ccc(OCC#N)cc2)SC1=Nc1ccccc1F. The first-order valence-corrected chi connectivity index (χ1v) is 9.94. The maximum absolute atomic E-state index is 14.0. The molecule has 1 amide bonds. The number of nitriles is 1. The molecule has 2 aromatic carbocycles. The van der Waals surface area contributed by atoms with Crippen LogP contribution in [0, 0.1) is 23.1 Å². The largest absolute Gasteiger partial charge is 0.479 e. The second-order valence-electron chi connectivity index (χ2n) is 6.78. The number of amidine groups is 1. The van der Waals surface area contributed by atoms with Gasteiger partial charge in [-0.05, 0) is 53.6 Å². The predicted molar refractivity (Wildman–Crippen MR) is 113 cm³/mol. The van der Waals surface area contributed by atoms with Crippen molar-refractivity contribution >= 4 is 34.6 Å². The highest BCUT2D eigenvalue weighted by atomic mass is 32.2. The van der Waals surface area contributed by atoms with E-state index >= 15 is 0 Å². The van der Waals surface area contributed by atoms with Gasteiger partial charge in [0.25, 0.3) is 5.91 Å². The van der Waals surface area contributed by atoms with Crippen molar-refractivity contribution in [3.8, 4) is 11.8 Å². The van der Waals surface area contributed by atoms with Crippen molar-refractivity contribution in [2.24, 2.45) is 10.9 Å². The van der Waals surface area contributed by atoms with Crippen LogP contribution < -0.4 is 4.74 Å². The number of para-hydroxylation sites is 1. The maximum atomic E-state index is 14.0. The minimum absolute atomic E-state index is 0.0190. The lowest BCUT2D eigenvalue weighted by atomic mass is 10.2. The molecule has 0 radical (unpaired) electrons. The standard InChI is InChI=1S/C22H20FN3O2S/c1-15(2)14-26-21(27)20(13-16-7-9-17(10-8-16)28-12-11-24)29-22(26)25-19-6-4-3-5-18(19)23/h3-10,13,15H,12,14H2,1-2H3/b20-13+,25-22?. The molecule has 0 atom stereocenters.